The molecule has 0 aliphatic heterocycles. The molecule has 0 bridgehead atoms. The van der Waals surface area contributed by atoms with Crippen molar-refractivity contribution in [1.29, 1.82) is 0 Å². The van der Waals surface area contributed by atoms with Gasteiger partial charge in [-0.05, 0) is 45.2 Å². The molecular formula is C21H30F3N5O. The summed E-state index contributed by atoms with van der Waals surface area (Å²) in [7, 11) is 0. The van der Waals surface area contributed by atoms with E-state index < -0.39 is 12.8 Å². The number of alkyl halides is 3. The quantitative estimate of drug-likeness (QED) is 0.343. The van der Waals surface area contributed by atoms with Crippen LogP contribution in [0.1, 0.15) is 36.7 Å². The molecule has 1 heterocycles. The molecule has 0 fully saturated rings. The van der Waals surface area contributed by atoms with Crippen molar-refractivity contribution in [2.45, 2.75) is 52.9 Å². The minimum absolute atomic E-state index is 0.211. The Balaban J connectivity index is 1.89. The second kappa shape index (κ2) is 11.5. The van der Waals surface area contributed by atoms with E-state index in [1.54, 1.807) is 18.3 Å². The molecule has 0 aliphatic rings. The summed E-state index contributed by atoms with van der Waals surface area (Å²) in [5.74, 6) is 1.83. The highest BCUT2D eigenvalue weighted by atomic mass is 19.4. The maximum Gasteiger partial charge on any atom is 0.422 e. The normalized spacial score (nSPS) is 12.1. The van der Waals surface area contributed by atoms with E-state index in [1.807, 2.05) is 33.0 Å². The summed E-state index contributed by atoms with van der Waals surface area (Å²) >= 11 is 0. The summed E-state index contributed by atoms with van der Waals surface area (Å²) < 4.78 is 44.7. The predicted octanol–water partition coefficient (Wildman–Crippen LogP) is 3.98. The van der Waals surface area contributed by atoms with Crippen LogP contribution in [0.5, 0.6) is 5.75 Å². The lowest BCUT2D eigenvalue weighted by molar-refractivity contribution is -0.153. The molecule has 0 atom stereocenters. The van der Waals surface area contributed by atoms with Crippen LogP contribution in [0.2, 0.25) is 0 Å². The molecule has 0 saturated heterocycles. The van der Waals surface area contributed by atoms with Crippen LogP contribution in [0.4, 0.5) is 13.2 Å². The lowest BCUT2D eigenvalue weighted by Gasteiger charge is -2.14. The highest BCUT2D eigenvalue weighted by Crippen LogP contribution is 2.24. The minimum Gasteiger partial charge on any atom is -0.484 e. The van der Waals surface area contributed by atoms with Gasteiger partial charge in [-0.2, -0.15) is 13.2 Å². The number of unbranched alkanes of at least 4 members (excludes halogenated alkanes) is 1. The van der Waals surface area contributed by atoms with Gasteiger partial charge >= 0.3 is 6.18 Å². The first kappa shape index (κ1) is 23.6. The first-order chi connectivity index (χ1) is 14.3. The molecule has 0 unspecified atom stereocenters. The fourth-order valence-corrected chi connectivity index (χ4v) is 2.85. The van der Waals surface area contributed by atoms with Crippen molar-refractivity contribution in [3.63, 3.8) is 0 Å². The number of guanidine groups is 1. The molecule has 2 rings (SSSR count). The Labute approximate surface area is 175 Å². The topological polar surface area (TPSA) is 63.5 Å². The number of aliphatic imine (C=N–C) groups is 1. The molecule has 0 radical (unpaired) electrons. The van der Waals surface area contributed by atoms with Crippen molar-refractivity contribution in [3.8, 4) is 5.75 Å². The van der Waals surface area contributed by atoms with E-state index in [0.717, 1.165) is 37.3 Å². The Morgan fingerprint density at radius 2 is 2.00 bits per heavy atom. The van der Waals surface area contributed by atoms with Crippen molar-refractivity contribution >= 4 is 5.96 Å². The molecule has 0 amide bonds. The average Bonchev–Trinajstić information content (AvgIpc) is 3.09. The molecule has 166 valence electrons. The Morgan fingerprint density at radius 1 is 1.20 bits per heavy atom. The highest BCUT2D eigenvalue weighted by molar-refractivity contribution is 5.79. The van der Waals surface area contributed by atoms with Crippen LogP contribution < -0.4 is 15.4 Å². The number of aryl methyl sites for hydroxylation is 3. The van der Waals surface area contributed by atoms with Crippen LogP contribution in [-0.4, -0.2) is 41.4 Å². The van der Waals surface area contributed by atoms with E-state index in [1.165, 1.54) is 0 Å². The number of benzene rings is 1. The zero-order valence-electron chi connectivity index (χ0n) is 17.7. The maximum atomic E-state index is 12.5. The molecule has 6 nitrogen and oxygen atoms in total. The van der Waals surface area contributed by atoms with Gasteiger partial charge in [-0.3, -0.25) is 0 Å². The molecule has 2 N–H and O–H groups in total. The van der Waals surface area contributed by atoms with Gasteiger partial charge in [0.15, 0.2) is 12.6 Å². The van der Waals surface area contributed by atoms with Gasteiger partial charge in [0.1, 0.15) is 11.6 Å². The molecule has 2 aromatic rings. The third kappa shape index (κ3) is 8.34. The number of aromatic nitrogens is 2. The fourth-order valence-electron chi connectivity index (χ4n) is 2.85. The largest absolute Gasteiger partial charge is 0.484 e. The van der Waals surface area contributed by atoms with Crippen LogP contribution in [-0.2, 0) is 13.1 Å². The zero-order valence-corrected chi connectivity index (χ0v) is 17.7. The van der Waals surface area contributed by atoms with E-state index in [4.69, 9.17) is 4.74 Å². The van der Waals surface area contributed by atoms with Gasteiger partial charge in [-0.25, -0.2) is 9.98 Å². The summed E-state index contributed by atoms with van der Waals surface area (Å²) in [4.78, 5) is 8.70. The van der Waals surface area contributed by atoms with E-state index in [-0.39, 0.29) is 12.3 Å². The monoisotopic (exact) mass is 425 g/mol. The van der Waals surface area contributed by atoms with Crippen molar-refractivity contribution in [1.82, 2.24) is 20.2 Å². The molecular weight excluding hydrogens is 395 g/mol. The van der Waals surface area contributed by atoms with Gasteiger partial charge in [0.2, 0.25) is 0 Å². The number of hydrogen-bond donors (Lipinski definition) is 2. The summed E-state index contributed by atoms with van der Waals surface area (Å²) in [5, 5.41) is 6.42. The highest BCUT2D eigenvalue weighted by Gasteiger charge is 2.28. The second-order valence-electron chi connectivity index (χ2n) is 7.01. The molecule has 9 heteroatoms. The first-order valence-electron chi connectivity index (χ1n) is 10.1. The van der Waals surface area contributed by atoms with E-state index in [9.17, 15) is 13.2 Å². The van der Waals surface area contributed by atoms with Crippen molar-refractivity contribution < 1.29 is 17.9 Å². The SMILES string of the molecule is CCNC(=NCc1ccc(C)cc1OCC(F)(F)F)NCCCCn1ccnc1C. The summed E-state index contributed by atoms with van der Waals surface area (Å²) in [6.07, 6.45) is 1.33. The summed E-state index contributed by atoms with van der Waals surface area (Å²) in [6, 6.07) is 5.19. The van der Waals surface area contributed by atoms with Crippen LogP contribution in [0.15, 0.2) is 35.6 Å². The smallest absolute Gasteiger partial charge is 0.422 e. The van der Waals surface area contributed by atoms with Crippen LogP contribution in [0, 0.1) is 13.8 Å². The number of nitrogens with one attached hydrogen (secondary N) is 2. The fraction of sp³-hybridized carbons (Fsp3) is 0.524. The molecule has 1 aromatic carbocycles. The van der Waals surface area contributed by atoms with Gasteiger partial charge < -0.3 is 19.9 Å². The van der Waals surface area contributed by atoms with E-state index in [2.05, 4.69) is 25.2 Å². The Bertz CT molecular complexity index is 817. The Morgan fingerprint density at radius 3 is 2.67 bits per heavy atom. The predicted molar refractivity (Wildman–Crippen MR) is 112 cm³/mol. The molecule has 1 aromatic heterocycles. The number of imidazole rings is 1. The van der Waals surface area contributed by atoms with Gasteiger partial charge in [0.05, 0.1) is 6.54 Å². The Kier molecular flexibility index (Phi) is 9.01. The summed E-state index contributed by atoms with van der Waals surface area (Å²) in [6.45, 7) is 6.98. The number of hydrogen-bond acceptors (Lipinski definition) is 3. The third-order valence-corrected chi connectivity index (χ3v) is 4.41. The first-order valence-corrected chi connectivity index (χ1v) is 10.1. The molecule has 0 aliphatic carbocycles. The van der Waals surface area contributed by atoms with E-state index in [0.29, 0.717) is 18.1 Å². The lowest BCUT2D eigenvalue weighted by atomic mass is 10.1. The maximum absolute atomic E-state index is 12.5. The number of halogens is 3. The van der Waals surface area contributed by atoms with Crippen molar-refractivity contribution in [2.75, 3.05) is 19.7 Å². The zero-order chi connectivity index (χ0) is 22.0. The lowest BCUT2D eigenvalue weighted by Crippen LogP contribution is -2.37. The van der Waals surface area contributed by atoms with Crippen LogP contribution in [0.25, 0.3) is 0 Å². The third-order valence-electron chi connectivity index (χ3n) is 4.41. The van der Waals surface area contributed by atoms with Gasteiger partial charge in [0, 0.05) is 37.6 Å². The van der Waals surface area contributed by atoms with Gasteiger partial charge in [0.25, 0.3) is 0 Å². The average molecular weight is 425 g/mol. The molecule has 0 spiro atoms. The Hall–Kier alpha value is -2.71. The molecule has 0 saturated carbocycles. The van der Waals surface area contributed by atoms with Crippen LogP contribution >= 0.6 is 0 Å². The second-order valence-corrected chi connectivity index (χ2v) is 7.01. The summed E-state index contributed by atoms with van der Waals surface area (Å²) in [5.41, 5.74) is 1.44. The number of ether oxygens (including phenoxy) is 1. The minimum atomic E-state index is -4.38. The molecule has 30 heavy (non-hydrogen) atoms. The van der Waals surface area contributed by atoms with E-state index >= 15 is 0 Å². The van der Waals surface area contributed by atoms with Crippen molar-refractivity contribution in [3.05, 3.63) is 47.5 Å². The number of rotatable bonds is 10. The standard InChI is InChI=1S/C21H30F3N5O/c1-4-25-20(27-9-5-6-11-29-12-10-26-17(29)3)28-14-18-8-7-16(2)13-19(18)30-15-21(22,23)24/h7-8,10,12-13H,4-6,9,11,14-15H2,1-3H3,(H2,25,27,28). The van der Waals surface area contributed by atoms with Crippen molar-refractivity contribution in [2.24, 2.45) is 4.99 Å². The van der Waals surface area contributed by atoms with Gasteiger partial charge in [-0.15, -0.1) is 0 Å². The van der Waals surface area contributed by atoms with Crippen LogP contribution in [0.3, 0.4) is 0 Å². The van der Waals surface area contributed by atoms with Gasteiger partial charge in [-0.1, -0.05) is 12.1 Å². The number of nitrogens with zero attached hydrogens (tertiary/aromatic N) is 3.